The first kappa shape index (κ1) is 15.2. The van der Waals surface area contributed by atoms with E-state index in [2.05, 4.69) is 35.6 Å². The van der Waals surface area contributed by atoms with E-state index in [0.29, 0.717) is 12.0 Å². The topological polar surface area (TPSA) is 39.1 Å². The van der Waals surface area contributed by atoms with Crippen molar-refractivity contribution < 1.29 is 4.74 Å². The Hall–Kier alpha value is -0.870. The summed E-state index contributed by atoms with van der Waals surface area (Å²) < 4.78 is 7.73. The number of aromatic nitrogens is 2. The fourth-order valence-electron chi connectivity index (χ4n) is 1.91. The van der Waals surface area contributed by atoms with E-state index in [1.54, 1.807) is 0 Å². The number of rotatable bonds is 9. The van der Waals surface area contributed by atoms with Crippen molar-refractivity contribution in [3.63, 3.8) is 0 Å². The van der Waals surface area contributed by atoms with Crippen LogP contribution in [0.4, 0.5) is 0 Å². The quantitative estimate of drug-likeness (QED) is 0.734. The van der Waals surface area contributed by atoms with Crippen molar-refractivity contribution in [2.75, 3.05) is 13.2 Å². The van der Waals surface area contributed by atoms with Crippen LogP contribution in [-0.2, 0) is 17.8 Å². The zero-order valence-electron chi connectivity index (χ0n) is 12.1. The van der Waals surface area contributed by atoms with Crippen LogP contribution in [0, 0.1) is 5.92 Å². The van der Waals surface area contributed by atoms with Gasteiger partial charge in [-0.15, -0.1) is 0 Å². The van der Waals surface area contributed by atoms with Gasteiger partial charge in [-0.2, -0.15) is 0 Å². The maximum atomic E-state index is 5.51. The molecule has 104 valence electrons. The predicted octanol–water partition coefficient (Wildman–Crippen LogP) is 2.44. The van der Waals surface area contributed by atoms with E-state index in [1.807, 2.05) is 19.3 Å². The molecule has 4 nitrogen and oxygen atoms in total. The van der Waals surface area contributed by atoms with Crippen LogP contribution in [-0.4, -0.2) is 28.8 Å². The van der Waals surface area contributed by atoms with E-state index in [4.69, 9.17) is 4.74 Å². The number of hydrogen-bond acceptors (Lipinski definition) is 3. The third-order valence-electron chi connectivity index (χ3n) is 3.09. The summed E-state index contributed by atoms with van der Waals surface area (Å²) >= 11 is 0. The van der Waals surface area contributed by atoms with Gasteiger partial charge in [0.15, 0.2) is 0 Å². The minimum absolute atomic E-state index is 0.386. The molecule has 1 heterocycles. The van der Waals surface area contributed by atoms with Gasteiger partial charge in [-0.1, -0.05) is 20.8 Å². The molecule has 0 aliphatic carbocycles. The first-order valence-corrected chi connectivity index (χ1v) is 7.00. The highest BCUT2D eigenvalue weighted by atomic mass is 16.5. The molecule has 1 N–H and O–H groups in total. The molecular formula is C14H27N3O. The van der Waals surface area contributed by atoms with Crippen LogP contribution >= 0.6 is 0 Å². The summed E-state index contributed by atoms with van der Waals surface area (Å²) in [4.78, 5) is 4.41. The van der Waals surface area contributed by atoms with Crippen LogP contribution < -0.4 is 5.32 Å². The number of hydrogen-bond donors (Lipinski definition) is 1. The van der Waals surface area contributed by atoms with Crippen molar-refractivity contribution in [3.8, 4) is 0 Å². The lowest BCUT2D eigenvalue weighted by atomic mass is 10.1. The molecule has 0 aliphatic heterocycles. The van der Waals surface area contributed by atoms with Crippen LogP contribution in [0.25, 0.3) is 0 Å². The average Bonchev–Trinajstić information content (AvgIpc) is 2.77. The molecular weight excluding hydrogens is 226 g/mol. The van der Waals surface area contributed by atoms with Crippen LogP contribution in [0.15, 0.2) is 12.4 Å². The second kappa shape index (κ2) is 8.27. The molecule has 0 amide bonds. The second-order valence-corrected chi connectivity index (χ2v) is 4.93. The summed E-state index contributed by atoms with van der Waals surface area (Å²) in [5.41, 5.74) is 0. The van der Waals surface area contributed by atoms with E-state index in [9.17, 15) is 0 Å². The lowest BCUT2D eigenvalue weighted by Gasteiger charge is -2.22. The first-order chi connectivity index (χ1) is 8.69. The van der Waals surface area contributed by atoms with Gasteiger partial charge in [0.05, 0.1) is 13.2 Å². The summed E-state index contributed by atoms with van der Waals surface area (Å²) in [6, 6.07) is 0.386. The van der Waals surface area contributed by atoms with Crippen molar-refractivity contribution in [2.24, 2.45) is 5.92 Å². The Bertz CT molecular complexity index is 323. The van der Waals surface area contributed by atoms with Crippen molar-refractivity contribution in [3.05, 3.63) is 18.2 Å². The predicted molar refractivity (Wildman–Crippen MR) is 74.5 cm³/mol. The van der Waals surface area contributed by atoms with Crippen LogP contribution in [0.5, 0.6) is 0 Å². The van der Waals surface area contributed by atoms with Gasteiger partial charge in [0.2, 0.25) is 0 Å². The highest BCUT2D eigenvalue weighted by Crippen LogP contribution is 2.05. The van der Waals surface area contributed by atoms with Crippen molar-refractivity contribution in [1.29, 1.82) is 0 Å². The highest BCUT2D eigenvalue weighted by Gasteiger charge is 2.13. The number of nitrogens with zero attached hydrogens (tertiary/aromatic N) is 2. The summed E-state index contributed by atoms with van der Waals surface area (Å²) in [5.74, 6) is 1.67. The SMILES string of the molecule is CCCn1ccnc1CNC(COCC)C(C)C. The molecule has 0 bridgehead atoms. The molecule has 1 aromatic heterocycles. The van der Waals surface area contributed by atoms with Crippen LogP contribution in [0.1, 0.15) is 39.9 Å². The minimum atomic E-state index is 0.386. The van der Waals surface area contributed by atoms with E-state index in [-0.39, 0.29) is 0 Å². The molecule has 1 unspecified atom stereocenters. The zero-order valence-corrected chi connectivity index (χ0v) is 12.1. The Morgan fingerprint density at radius 2 is 2.17 bits per heavy atom. The monoisotopic (exact) mass is 253 g/mol. The van der Waals surface area contributed by atoms with Gasteiger partial charge in [0, 0.05) is 31.6 Å². The largest absolute Gasteiger partial charge is 0.380 e. The molecule has 0 saturated carbocycles. The summed E-state index contributed by atoms with van der Waals surface area (Å²) in [5, 5.41) is 3.55. The standard InChI is InChI=1S/C14H27N3O/c1-5-8-17-9-7-15-14(17)10-16-13(12(3)4)11-18-6-2/h7,9,12-13,16H,5-6,8,10-11H2,1-4H3. The Kier molecular flexibility index (Phi) is 6.98. The van der Waals surface area contributed by atoms with E-state index in [0.717, 1.165) is 38.5 Å². The molecule has 0 saturated heterocycles. The molecule has 1 aromatic rings. The number of imidazole rings is 1. The lowest BCUT2D eigenvalue weighted by molar-refractivity contribution is 0.107. The normalized spacial score (nSPS) is 13.2. The molecule has 18 heavy (non-hydrogen) atoms. The Morgan fingerprint density at radius 1 is 1.39 bits per heavy atom. The zero-order chi connectivity index (χ0) is 13.4. The smallest absolute Gasteiger partial charge is 0.122 e. The maximum absolute atomic E-state index is 5.51. The molecule has 1 atom stereocenters. The van der Waals surface area contributed by atoms with Gasteiger partial charge >= 0.3 is 0 Å². The van der Waals surface area contributed by atoms with Gasteiger partial charge in [0.1, 0.15) is 5.82 Å². The van der Waals surface area contributed by atoms with Gasteiger partial charge in [-0.3, -0.25) is 0 Å². The Morgan fingerprint density at radius 3 is 2.78 bits per heavy atom. The third-order valence-corrected chi connectivity index (χ3v) is 3.09. The molecule has 0 aliphatic rings. The van der Waals surface area contributed by atoms with Crippen LogP contribution in [0.2, 0.25) is 0 Å². The number of ether oxygens (including phenoxy) is 1. The van der Waals surface area contributed by atoms with Crippen LogP contribution in [0.3, 0.4) is 0 Å². The van der Waals surface area contributed by atoms with E-state index < -0.39 is 0 Å². The average molecular weight is 253 g/mol. The van der Waals surface area contributed by atoms with Crippen molar-refractivity contribution in [2.45, 2.75) is 53.2 Å². The Balaban J connectivity index is 2.47. The highest BCUT2D eigenvalue weighted by molar-refractivity contribution is 4.92. The maximum Gasteiger partial charge on any atom is 0.122 e. The minimum Gasteiger partial charge on any atom is -0.380 e. The molecule has 1 rings (SSSR count). The molecule has 4 heteroatoms. The number of nitrogens with one attached hydrogen (secondary N) is 1. The van der Waals surface area contributed by atoms with Gasteiger partial charge in [0.25, 0.3) is 0 Å². The third kappa shape index (κ3) is 4.78. The fourth-order valence-corrected chi connectivity index (χ4v) is 1.91. The molecule has 0 radical (unpaired) electrons. The summed E-state index contributed by atoms with van der Waals surface area (Å²) in [6.45, 7) is 12.0. The van der Waals surface area contributed by atoms with E-state index in [1.165, 1.54) is 0 Å². The lowest BCUT2D eigenvalue weighted by Crippen LogP contribution is -2.38. The fraction of sp³-hybridized carbons (Fsp3) is 0.786. The van der Waals surface area contributed by atoms with Gasteiger partial charge < -0.3 is 14.6 Å². The molecule has 0 fully saturated rings. The van der Waals surface area contributed by atoms with Crippen molar-refractivity contribution >= 4 is 0 Å². The van der Waals surface area contributed by atoms with Crippen molar-refractivity contribution in [1.82, 2.24) is 14.9 Å². The summed E-state index contributed by atoms with van der Waals surface area (Å²) in [7, 11) is 0. The van der Waals surface area contributed by atoms with E-state index >= 15 is 0 Å². The van der Waals surface area contributed by atoms with Gasteiger partial charge in [-0.25, -0.2) is 4.98 Å². The summed E-state index contributed by atoms with van der Waals surface area (Å²) in [6.07, 6.45) is 5.06. The first-order valence-electron chi connectivity index (χ1n) is 7.00. The molecule has 0 aromatic carbocycles. The number of aryl methyl sites for hydroxylation is 1. The Labute approximate surface area is 111 Å². The second-order valence-electron chi connectivity index (χ2n) is 4.93. The van der Waals surface area contributed by atoms with Gasteiger partial charge in [-0.05, 0) is 19.3 Å². The molecule has 0 spiro atoms.